The third-order valence-corrected chi connectivity index (χ3v) is 5.30. The maximum absolute atomic E-state index is 13.0. The van der Waals surface area contributed by atoms with Crippen molar-refractivity contribution in [1.29, 1.82) is 0 Å². The normalized spacial score (nSPS) is 19.2. The molecule has 6 nitrogen and oxygen atoms in total. The molecule has 2 aromatic rings. The Bertz CT molecular complexity index is 916. The van der Waals surface area contributed by atoms with E-state index in [-0.39, 0.29) is 17.8 Å². The first-order valence-electron chi connectivity index (χ1n) is 10.0. The molecular formula is C21H22F3N3O3. The molecule has 2 aliphatic rings. The highest BCUT2D eigenvalue weighted by molar-refractivity contribution is 5.93. The summed E-state index contributed by atoms with van der Waals surface area (Å²) in [4.78, 5) is 18.2. The number of hydrogen-bond donors (Lipinski definition) is 0. The number of alkyl halides is 3. The molecule has 0 bridgehead atoms. The van der Waals surface area contributed by atoms with Crippen molar-refractivity contribution < 1.29 is 27.2 Å². The maximum Gasteiger partial charge on any atom is 0.471 e. The van der Waals surface area contributed by atoms with Crippen LogP contribution in [0.1, 0.15) is 43.6 Å². The van der Waals surface area contributed by atoms with Crippen LogP contribution >= 0.6 is 0 Å². The van der Waals surface area contributed by atoms with Crippen LogP contribution in [0.2, 0.25) is 0 Å². The number of nitrogens with zero attached hydrogens (tertiary/aromatic N) is 3. The van der Waals surface area contributed by atoms with Crippen LogP contribution in [0.3, 0.4) is 0 Å². The Labute approximate surface area is 171 Å². The molecule has 1 unspecified atom stereocenters. The first-order chi connectivity index (χ1) is 14.4. The molecule has 2 heterocycles. The van der Waals surface area contributed by atoms with Crippen LogP contribution in [0.4, 0.5) is 13.2 Å². The van der Waals surface area contributed by atoms with Gasteiger partial charge in [-0.1, -0.05) is 35.5 Å². The van der Waals surface area contributed by atoms with Crippen molar-refractivity contribution in [3.8, 4) is 11.4 Å². The quantitative estimate of drug-likeness (QED) is 0.693. The smallest absolute Gasteiger partial charge is 0.376 e. The summed E-state index contributed by atoms with van der Waals surface area (Å²) >= 11 is 0. The average molecular weight is 421 g/mol. The molecule has 1 aromatic heterocycles. The minimum absolute atomic E-state index is 0.0278. The number of rotatable bonds is 6. The van der Waals surface area contributed by atoms with Gasteiger partial charge in [0.2, 0.25) is 11.7 Å². The molecule has 0 radical (unpaired) electrons. The van der Waals surface area contributed by atoms with Gasteiger partial charge in [0.25, 0.3) is 0 Å². The van der Waals surface area contributed by atoms with Gasteiger partial charge >= 0.3 is 12.1 Å². The summed E-state index contributed by atoms with van der Waals surface area (Å²) in [7, 11) is 0. The van der Waals surface area contributed by atoms with E-state index in [2.05, 4.69) is 14.7 Å². The molecule has 30 heavy (non-hydrogen) atoms. The molecule has 1 aliphatic heterocycles. The van der Waals surface area contributed by atoms with Crippen LogP contribution in [0.15, 0.2) is 40.4 Å². The van der Waals surface area contributed by atoms with E-state index in [1.165, 1.54) is 0 Å². The Balaban J connectivity index is 1.48. The van der Waals surface area contributed by atoms with E-state index in [0.29, 0.717) is 25.3 Å². The van der Waals surface area contributed by atoms with Gasteiger partial charge in [-0.2, -0.15) is 18.2 Å². The molecule has 0 spiro atoms. The molecule has 1 atom stereocenters. The number of ether oxygens (including phenoxy) is 1. The Hall–Kier alpha value is -2.68. The lowest BCUT2D eigenvalue weighted by Crippen LogP contribution is -2.37. The van der Waals surface area contributed by atoms with Gasteiger partial charge in [0.1, 0.15) is 0 Å². The second-order valence-corrected chi connectivity index (χ2v) is 7.56. The predicted octanol–water partition coefficient (Wildman–Crippen LogP) is 4.37. The van der Waals surface area contributed by atoms with Gasteiger partial charge in [-0.05, 0) is 37.7 Å². The van der Waals surface area contributed by atoms with Crippen LogP contribution < -0.4 is 0 Å². The number of hydrogen-bond acceptors (Lipinski definition) is 5. The molecule has 1 fully saturated rings. The predicted molar refractivity (Wildman–Crippen MR) is 101 cm³/mol. The van der Waals surface area contributed by atoms with Crippen molar-refractivity contribution in [2.45, 2.75) is 50.9 Å². The van der Waals surface area contributed by atoms with Gasteiger partial charge < -0.3 is 14.2 Å². The van der Waals surface area contributed by atoms with E-state index < -0.39 is 12.1 Å². The second-order valence-electron chi connectivity index (χ2n) is 7.56. The van der Waals surface area contributed by atoms with Gasteiger partial charge in [0.05, 0.1) is 6.10 Å². The number of allylic oxidation sites excluding steroid dienone is 1. The highest BCUT2D eigenvalue weighted by Crippen LogP contribution is 2.29. The molecule has 9 heteroatoms. The van der Waals surface area contributed by atoms with Gasteiger partial charge in [-0.3, -0.25) is 4.79 Å². The van der Waals surface area contributed by atoms with Crippen LogP contribution in [0.25, 0.3) is 11.4 Å². The van der Waals surface area contributed by atoms with E-state index in [4.69, 9.17) is 4.74 Å². The van der Waals surface area contributed by atoms with Crippen LogP contribution in [-0.4, -0.2) is 40.2 Å². The van der Waals surface area contributed by atoms with Gasteiger partial charge in [0, 0.05) is 30.8 Å². The summed E-state index contributed by atoms with van der Waals surface area (Å²) in [6.07, 6.45) is 2.00. The number of carbonyl (C=O) groups excluding carboxylic acids is 1. The van der Waals surface area contributed by atoms with Crippen molar-refractivity contribution in [2.75, 3.05) is 13.2 Å². The fraction of sp³-hybridized carbons (Fsp3) is 0.476. The Morgan fingerprint density at radius 1 is 1.20 bits per heavy atom. The third kappa shape index (κ3) is 4.72. The number of aromatic nitrogens is 2. The molecule has 160 valence electrons. The highest BCUT2D eigenvalue weighted by atomic mass is 19.4. The second kappa shape index (κ2) is 8.59. The standard InChI is InChI=1S/C21H22F3N3O3/c22-21(23,24)20-25-18(26-30-20)15-9-7-14(8-10-15)12-27(13-17-6-3-11-29-17)19(28)16-4-1-2-5-16/h4,7-10,17H,1-3,5-6,11-13H2. The summed E-state index contributed by atoms with van der Waals surface area (Å²) in [5, 5.41) is 3.40. The number of benzene rings is 1. The van der Waals surface area contributed by atoms with Crippen LogP contribution in [0, 0.1) is 0 Å². The molecule has 4 rings (SSSR count). The van der Waals surface area contributed by atoms with Gasteiger partial charge in [-0.25, -0.2) is 0 Å². The van der Waals surface area contributed by atoms with E-state index in [0.717, 1.165) is 43.2 Å². The fourth-order valence-corrected chi connectivity index (χ4v) is 3.76. The zero-order valence-electron chi connectivity index (χ0n) is 16.3. The molecule has 1 aromatic carbocycles. The zero-order chi connectivity index (χ0) is 21.1. The van der Waals surface area contributed by atoms with E-state index in [9.17, 15) is 18.0 Å². The van der Waals surface area contributed by atoms with Gasteiger partial charge in [-0.15, -0.1) is 0 Å². The lowest BCUT2D eigenvalue weighted by Gasteiger charge is -2.26. The Morgan fingerprint density at radius 3 is 2.60 bits per heavy atom. The fourth-order valence-electron chi connectivity index (χ4n) is 3.76. The molecule has 1 amide bonds. The summed E-state index contributed by atoms with van der Waals surface area (Å²) in [5.74, 6) is -1.47. The van der Waals surface area contributed by atoms with Crippen molar-refractivity contribution in [3.63, 3.8) is 0 Å². The molecular weight excluding hydrogens is 399 g/mol. The zero-order valence-corrected chi connectivity index (χ0v) is 16.3. The average Bonchev–Trinajstić information content (AvgIpc) is 3.49. The van der Waals surface area contributed by atoms with Crippen molar-refractivity contribution >= 4 is 5.91 Å². The van der Waals surface area contributed by atoms with E-state index >= 15 is 0 Å². The SMILES string of the molecule is O=C(C1=CCCC1)N(Cc1ccc(-c2noc(C(F)(F)F)n2)cc1)CC1CCCO1. The first kappa shape index (κ1) is 20.6. The van der Waals surface area contributed by atoms with Crippen molar-refractivity contribution in [2.24, 2.45) is 0 Å². The molecule has 1 aliphatic carbocycles. The monoisotopic (exact) mass is 421 g/mol. The minimum atomic E-state index is -4.68. The summed E-state index contributed by atoms with van der Waals surface area (Å²) in [6.45, 7) is 1.64. The molecule has 0 saturated carbocycles. The number of halogens is 3. The lowest BCUT2D eigenvalue weighted by molar-refractivity contribution is -0.159. The molecule has 1 saturated heterocycles. The van der Waals surface area contributed by atoms with Crippen LogP contribution in [-0.2, 0) is 22.3 Å². The Kier molecular flexibility index (Phi) is 5.90. The van der Waals surface area contributed by atoms with Crippen molar-refractivity contribution in [1.82, 2.24) is 15.0 Å². The van der Waals surface area contributed by atoms with Crippen molar-refractivity contribution in [3.05, 3.63) is 47.4 Å². The lowest BCUT2D eigenvalue weighted by atomic mass is 10.1. The van der Waals surface area contributed by atoms with Gasteiger partial charge in [0.15, 0.2) is 0 Å². The maximum atomic E-state index is 13.0. The summed E-state index contributed by atoms with van der Waals surface area (Å²) in [5.41, 5.74) is 2.12. The first-order valence-corrected chi connectivity index (χ1v) is 10.0. The molecule has 0 N–H and O–H groups in total. The summed E-state index contributed by atoms with van der Waals surface area (Å²) < 4.78 is 47.9. The Morgan fingerprint density at radius 2 is 2.00 bits per heavy atom. The number of carbonyl (C=O) groups is 1. The highest BCUT2D eigenvalue weighted by Gasteiger charge is 2.38. The topological polar surface area (TPSA) is 68.5 Å². The van der Waals surface area contributed by atoms with E-state index in [1.807, 2.05) is 6.08 Å². The largest absolute Gasteiger partial charge is 0.471 e. The van der Waals surface area contributed by atoms with E-state index in [1.54, 1.807) is 29.2 Å². The minimum Gasteiger partial charge on any atom is -0.376 e. The van der Waals surface area contributed by atoms with Crippen LogP contribution in [0.5, 0.6) is 0 Å². The number of amides is 1. The summed E-state index contributed by atoms with van der Waals surface area (Å²) in [6, 6.07) is 6.78. The third-order valence-electron chi connectivity index (χ3n) is 5.30.